The van der Waals surface area contributed by atoms with Gasteiger partial charge in [0.15, 0.2) is 11.6 Å². The molecule has 0 aliphatic carbocycles. The SMILES string of the molecule is Cl.O=C(NCCCN1CCC(c2ccc(F)cc2)CC1)N1C(=O)NCC[C@H]1c1ccc(F)c(F)c1. The molecule has 2 aliphatic heterocycles. The number of carbonyl (C=O) groups is 2. The van der Waals surface area contributed by atoms with Crippen molar-refractivity contribution in [1.29, 1.82) is 0 Å². The first-order chi connectivity index (χ1) is 16.4. The monoisotopic (exact) mass is 510 g/mol. The zero-order valence-corrected chi connectivity index (χ0v) is 20.1. The van der Waals surface area contributed by atoms with Crippen molar-refractivity contribution in [2.75, 3.05) is 32.7 Å². The van der Waals surface area contributed by atoms with E-state index in [4.69, 9.17) is 0 Å². The lowest BCUT2D eigenvalue weighted by Gasteiger charge is -2.35. The van der Waals surface area contributed by atoms with Crippen LogP contribution in [0.4, 0.5) is 22.8 Å². The summed E-state index contributed by atoms with van der Waals surface area (Å²) in [6, 6.07) is 8.40. The van der Waals surface area contributed by atoms with Gasteiger partial charge in [-0.25, -0.2) is 27.7 Å². The Labute approximate surface area is 209 Å². The van der Waals surface area contributed by atoms with Gasteiger partial charge in [0.2, 0.25) is 0 Å². The largest absolute Gasteiger partial charge is 0.338 e. The number of piperidine rings is 1. The number of nitrogens with one attached hydrogen (secondary N) is 2. The van der Waals surface area contributed by atoms with E-state index in [0.717, 1.165) is 55.9 Å². The maximum atomic E-state index is 13.7. The standard InChI is InChI=1S/C25H29F3N4O2.ClH/c26-20-5-2-17(3-6-20)18-9-14-31(15-10-18)13-1-11-29-24(33)32-23(8-12-30-25(32)34)19-4-7-21(27)22(28)16-19;/h2-7,16,18,23H,1,8-15H2,(H,29,33)(H,30,34);1H/t23-;/m0./s1. The van der Waals surface area contributed by atoms with Gasteiger partial charge in [0.1, 0.15) is 5.82 Å². The number of benzene rings is 2. The molecule has 2 aromatic carbocycles. The number of carbonyl (C=O) groups excluding carboxylic acids is 2. The van der Waals surface area contributed by atoms with Gasteiger partial charge >= 0.3 is 12.1 Å². The Morgan fingerprint density at radius 1 is 0.971 bits per heavy atom. The average molecular weight is 511 g/mol. The van der Waals surface area contributed by atoms with E-state index < -0.39 is 29.7 Å². The molecule has 4 amide bonds. The molecule has 0 unspecified atom stereocenters. The van der Waals surface area contributed by atoms with Crippen LogP contribution in [0.2, 0.25) is 0 Å². The van der Waals surface area contributed by atoms with Crippen molar-refractivity contribution in [3.63, 3.8) is 0 Å². The third-order valence-electron chi connectivity index (χ3n) is 6.63. The minimum Gasteiger partial charge on any atom is -0.338 e. The number of nitrogens with zero attached hydrogens (tertiary/aromatic N) is 2. The Morgan fingerprint density at radius 3 is 2.34 bits per heavy atom. The molecule has 0 bridgehead atoms. The highest BCUT2D eigenvalue weighted by molar-refractivity contribution is 5.94. The van der Waals surface area contributed by atoms with Gasteiger partial charge in [0.25, 0.3) is 0 Å². The lowest BCUT2D eigenvalue weighted by atomic mass is 9.89. The number of likely N-dealkylation sites (tertiary alicyclic amines) is 1. The summed E-state index contributed by atoms with van der Waals surface area (Å²) in [5, 5.41) is 5.41. The van der Waals surface area contributed by atoms with Crippen LogP contribution in [0, 0.1) is 17.5 Å². The molecule has 2 aromatic rings. The molecule has 0 aromatic heterocycles. The highest BCUT2D eigenvalue weighted by Crippen LogP contribution is 2.29. The lowest BCUT2D eigenvalue weighted by Crippen LogP contribution is -2.54. The van der Waals surface area contributed by atoms with E-state index >= 15 is 0 Å². The molecule has 190 valence electrons. The van der Waals surface area contributed by atoms with Crippen molar-refractivity contribution >= 4 is 24.5 Å². The predicted molar refractivity (Wildman–Crippen MR) is 129 cm³/mol. The molecule has 35 heavy (non-hydrogen) atoms. The van der Waals surface area contributed by atoms with E-state index in [1.165, 1.54) is 23.8 Å². The molecular formula is C25H30ClF3N4O2. The number of rotatable bonds is 6. The summed E-state index contributed by atoms with van der Waals surface area (Å²) in [5.74, 6) is -1.77. The van der Waals surface area contributed by atoms with Gasteiger partial charge in [-0.15, -0.1) is 12.4 Å². The maximum Gasteiger partial charge on any atom is 0.326 e. The van der Waals surface area contributed by atoms with Crippen molar-refractivity contribution in [2.24, 2.45) is 0 Å². The van der Waals surface area contributed by atoms with Crippen molar-refractivity contribution in [3.05, 3.63) is 71.0 Å². The fourth-order valence-corrected chi connectivity index (χ4v) is 4.75. The molecule has 0 saturated carbocycles. The summed E-state index contributed by atoms with van der Waals surface area (Å²) in [5.41, 5.74) is 1.55. The first-order valence-corrected chi connectivity index (χ1v) is 11.7. The van der Waals surface area contributed by atoms with E-state index in [9.17, 15) is 22.8 Å². The molecule has 2 aliphatic rings. The number of urea groups is 2. The number of halogens is 4. The topological polar surface area (TPSA) is 64.7 Å². The number of hydrogen-bond donors (Lipinski definition) is 2. The zero-order valence-electron chi connectivity index (χ0n) is 19.3. The van der Waals surface area contributed by atoms with E-state index in [1.54, 1.807) is 0 Å². The molecule has 0 spiro atoms. The third kappa shape index (κ3) is 6.67. The molecule has 2 heterocycles. The van der Waals surface area contributed by atoms with Crippen LogP contribution in [0.3, 0.4) is 0 Å². The second-order valence-corrected chi connectivity index (χ2v) is 8.83. The van der Waals surface area contributed by atoms with Crippen LogP contribution in [0.25, 0.3) is 0 Å². The van der Waals surface area contributed by atoms with Gasteiger partial charge in [-0.1, -0.05) is 18.2 Å². The fourth-order valence-electron chi connectivity index (χ4n) is 4.75. The molecule has 2 saturated heterocycles. The summed E-state index contributed by atoms with van der Waals surface area (Å²) in [7, 11) is 0. The highest BCUT2D eigenvalue weighted by atomic mass is 35.5. The van der Waals surface area contributed by atoms with Crippen LogP contribution in [0.5, 0.6) is 0 Å². The number of imide groups is 1. The zero-order chi connectivity index (χ0) is 24.1. The fraction of sp³-hybridized carbons (Fsp3) is 0.440. The Bertz CT molecular complexity index is 1020. The molecular weight excluding hydrogens is 481 g/mol. The van der Waals surface area contributed by atoms with Crippen molar-refractivity contribution in [2.45, 2.75) is 37.6 Å². The maximum absolute atomic E-state index is 13.7. The van der Waals surface area contributed by atoms with Gasteiger partial charge in [-0.2, -0.15) is 0 Å². The van der Waals surface area contributed by atoms with Crippen molar-refractivity contribution in [1.82, 2.24) is 20.4 Å². The first kappa shape index (κ1) is 26.8. The average Bonchev–Trinajstić information content (AvgIpc) is 2.84. The summed E-state index contributed by atoms with van der Waals surface area (Å²) in [6.45, 7) is 3.42. The van der Waals surface area contributed by atoms with Gasteiger partial charge in [-0.3, -0.25) is 0 Å². The summed E-state index contributed by atoms with van der Waals surface area (Å²) in [6.07, 6.45) is 3.13. The van der Waals surface area contributed by atoms with Crippen LogP contribution in [0.15, 0.2) is 42.5 Å². The molecule has 0 radical (unpaired) electrons. The lowest BCUT2D eigenvalue weighted by molar-refractivity contribution is 0.154. The van der Waals surface area contributed by atoms with E-state index in [0.29, 0.717) is 31.0 Å². The Morgan fingerprint density at radius 2 is 1.66 bits per heavy atom. The smallest absolute Gasteiger partial charge is 0.326 e. The third-order valence-corrected chi connectivity index (χ3v) is 6.63. The Hall–Kier alpha value is -2.78. The van der Waals surface area contributed by atoms with Crippen molar-refractivity contribution in [3.8, 4) is 0 Å². The van der Waals surface area contributed by atoms with Gasteiger partial charge in [0, 0.05) is 13.1 Å². The minimum atomic E-state index is -1.01. The number of hydrogen-bond acceptors (Lipinski definition) is 3. The first-order valence-electron chi connectivity index (χ1n) is 11.7. The molecule has 4 rings (SSSR count). The highest BCUT2D eigenvalue weighted by Gasteiger charge is 2.34. The van der Waals surface area contributed by atoms with E-state index in [-0.39, 0.29) is 18.2 Å². The van der Waals surface area contributed by atoms with Crippen LogP contribution in [0.1, 0.15) is 48.8 Å². The molecule has 10 heteroatoms. The van der Waals surface area contributed by atoms with Crippen LogP contribution >= 0.6 is 12.4 Å². The number of amides is 4. The predicted octanol–water partition coefficient (Wildman–Crippen LogP) is 4.96. The molecule has 1 atom stereocenters. The van der Waals surface area contributed by atoms with Crippen molar-refractivity contribution < 1.29 is 22.8 Å². The quantitative estimate of drug-likeness (QED) is 0.540. The second kappa shape index (κ2) is 12.3. The Kier molecular flexibility index (Phi) is 9.40. The minimum absolute atomic E-state index is 0. The van der Waals surface area contributed by atoms with Crippen LogP contribution < -0.4 is 10.6 Å². The molecule has 6 nitrogen and oxygen atoms in total. The van der Waals surface area contributed by atoms with Gasteiger partial charge in [0.05, 0.1) is 6.04 Å². The molecule has 2 N–H and O–H groups in total. The Balaban J connectivity index is 0.00000342. The molecule has 2 fully saturated rings. The van der Waals surface area contributed by atoms with Crippen LogP contribution in [-0.2, 0) is 0 Å². The van der Waals surface area contributed by atoms with Gasteiger partial charge in [-0.05, 0) is 86.6 Å². The normalized spacial score (nSPS) is 19.1. The summed E-state index contributed by atoms with van der Waals surface area (Å²) < 4.78 is 40.2. The van der Waals surface area contributed by atoms with Gasteiger partial charge < -0.3 is 15.5 Å². The summed E-state index contributed by atoms with van der Waals surface area (Å²) >= 11 is 0. The van der Waals surface area contributed by atoms with Crippen LogP contribution in [-0.4, -0.2) is 54.6 Å². The summed E-state index contributed by atoms with van der Waals surface area (Å²) in [4.78, 5) is 28.5. The van der Waals surface area contributed by atoms with E-state index in [2.05, 4.69) is 15.5 Å². The van der Waals surface area contributed by atoms with E-state index in [1.807, 2.05) is 12.1 Å². The second-order valence-electron chi connectivity index (χ2n) is 8.83.